The summed E-state index contributed by atoms with van der Waals surface area (Å²) in [7, 11) is 3.00. The summed E-state index contributed by atoms with van der Waals surface area (Å²) < 4.78 is 16.5. The van der Waals surface area contributed by atoms with Crippen LogP contribution in [0, 0.1) is 5.92 Å². The predicted octanol–water partition coefficient (Wildman–Crippen LogP) is 4.77. The molecule has 3 aromatic rings. The molecule has 1 unspecified atom stereocenters. The average Bonchev–Trinajstić information content (AvgIpc) is 2.87. The van der Waals surface area contributed by atoms with E-state index in [4.69, 9.17) is 14.2 Å². The van der Waals surface area contributed by atoms with E-state index in [0.717, 1.165) is 5.39 Å². The van der Waals surface area contributed by atoms with Gasteiger partial charge in [-0.2, -0.15) is 0 Å². The van der Waals surface area contributed by atoms with Gasteiger partial charge >= 0.3 is 5.97 Å². The fourth-order valence-electron chi connectivity index (χ4n) is 4.17. The van der Waals surface area contributed by atoms with E-state index in [9.17, 15) is 19.5 Å². The highest BCUT2D eigenvalue weighted by atomic mass is 16.5. The Bertz CT molecular complexity index is 1340. The minimum Gasteiger partial charge on any atom is -0.507 e. The molecular weight excluding hydrogens is 436 g/mol. The monoisotopic (exact) mass is 460 g/mol. The van der Waals surface area contributed by atoms with Gasteiger partial charge in [0.1, 0.15) is 22.8 Å². The van der Waals surface area contributed by atoms with Gasteiger partial charge in [-0.1, -0.05) is 55.5 Å². The van der Waals surface area contributed by atoms with Gasteiger partial charge in [0.15, 0.2) is 0 Å². The molecule has 34 heavy (non-hydrogen) atoms. The zero-order valence-corrected chi connectivity index (χ0v) is 19.1. The van der Waals surface area contributed by atoms with Gasteiger partial charge in [-0.3, -0.25) is 9.59 Å². The largest absolute Gasteiger partial charge is 0.507 e. The van der Waals surface area contributed by atoms with E-state index in [1.54, 1.807) is 31.2 Å². The number of esters is 1. The van der Waals surface area contributed by atoms with Crippen molar-refractivity contribution in [2.75, 3.05) is 20.8 Å². The lowest BCUT2D eigenvalue weighted by atomic mass is 9.85. The number of aliphatic hydroxyl groups excluding tert-OH is 1. The summed E-state index contributed by atoms with van der Waals surface area (Å²) in [5.41, 5.74) is 0.756. The van der Waals surface area contributed by atoms with Crippen molar-refractivity contribution in [3.8, 4) is 11.5 Å². The fourth-order valence-corrected chi connectivity index (χ4v) is 4.17. The molecule has 0 aromatic heterocycles. The Kier molecular flexibility index (Phi) is 6.36. The first-order valence-corrected chi connectivity index (χ1v) is 10.8. The summed E-state index contributed by atoms with van der Waals surface area (Å²) in [4.78, 5) is 37.9. The van der Waals surface area contributed by atoms with Crippen molar-refractivity contribution in [2.24, 2.45) is 5.92 Å². The first-order chi connectivity index (χ1) is 16.4. The van der Waals surface area contributed by atoms with Crippen molar-refractivity contribution >= 4 is 34.1 Å². The molecule has 1 N–H and O–H groups in total. The molecule has 0 spiro atoms. The van der Waals surface area contributed by atoms with E-state index >= 15 is 0 Å². The molecule has 1 atom stereocenters. The standard InChI is InChI=1S/C27H24O7/c1-15(12-20-23(28)17-9-5-6-10-18(17)24(29)25(20)30)14-34-27(31)21-13-22(32-2)16-8-4-7-11-19(16)26(21)33-3/h4-11,13,15,28H,12,14H2,1-3H3. The molecule has 174 valence electrons. The smallest absolute Gasteiger partial charge is 0.342 e. The average molecular weight is 460 g/mol. The molecule has 0 aliphatic heterocycles. The molecule has 1 aliphatic carbocycles. The van der Waals surface area contributed by atoms with Crippen LogP contribution in [0.2, 0.25) is 0 Å². The minimum absolute atomic E-state index is 0.0252. The van der Waals surface area contributed by atoms with Crippen molar-refractivity contribution in [1.29, 1.82) is 0 Å². The molecule has 0 bridgehead atoms. The molecular formula is C27H24O7. The van der Waals surface area contributed by atoms with Crippen LogP contribution in [0.1, 0.15) is 39.6 Å². The second kappa shape index (κ2) is 9.39. The van der Waals surface area contributed by atoms with E-state index in [2.05, 4.69) is 0 Å². The molecule has 7 heteroatoms. The van der Waals surface area contributed by atoms with Crippen molar-refractivity contribution in [1.82, 2.24) is 0 Å². The number of ketones is 2. The molecule has 0 fully saturated rings. The van der Waals surface area contributed by atoms with Crippen LogP contribution >= 0.6 is 0 Å². The van der Waals surface area contributed by atoms with Crippen LogP contribution in [0.5, 0.6) is 11.5 Å². The van der Waals surface area contributed by atoms with E-state index in [0.29, 0.717) is 22.4 Å². The van der Waals surface area contributed by atoms with Crippen LogP contribution < -0.4 is 9.47 Å². The van der Waals surface area contributed by atoms with Gasteiger partial charge in [-0.05, 0) is 18.4 Å². The van der Waals surface area contributed by atoms with Gasteiger partial charge in [0.2, 0.25) is 11.6 Å². The van der Waals surface area contributed by atoms with Gasteiger partial charge in [0.05, 0.1) is 20.8 Å². The maximum absolute atomic E-state index is 12.9. The highest BCUT2D eigenvalue weighted by Crippen LogP contribution is 2.37. The molecule has 0 amide bonds. The van der Waals surface area contributed by atoms with Crippen molar-refractivity contribution in [3.63, 3.8) is 0 Å². The number of Topliss-reactive ketones (excluding diaryl/α,β-unsaturated/α-hetero) is 2. The summed E-state index contributed by atoms with van der Waals surface area (Å²) in [5, 5.41) is 12.1. The third-order valence-corrected chi connectivity index (χ3v) is 5.85. The number of carbonyl (C=O) groups is 3. The Morgan fingerprint density at radius 1 is 0.912 bits per heavy atom. The number of rotatable bonds is 7. The van der Waals surface area contributed by atoms with Crippen LogP contribution in [0.15, 0.2) is 60.2 Å². The van der Waals surface area contributed by atoms with Gasteiger partial charge < -0.3 is 19.3 Å². The minimum atomic E-state index is -0.740. The third kappa shape index (κ3) is 4.01. The number of hydrogen-bond acceptors (Lipinski definition) is 7. The van der Waals surface area contributed by atoms with E-state index in [1.165, 1.54) is 20.3 Å². The molecule has 0 heterocycles. The van der Waals surface area contributed by atoms with Crippen molar-refractivity contribution < 1.29 is 33.7 Å². The number of methoxy groups -OCH3 is 2. The Balaban J connectivity index is 1.54. The van der Waals surface area contributed by atoms with E-state index in [-0.39, 0.29) is 41.4 Å². The fraction of sp³-hybridized carbons (Fsp3) is 0.222. The highest BCUT2D eigenvalue weighted by molar-refractivity contribution is 6.52. The SMILES string of the molecule is COc1cc(C(=O)OCC(C)CC2=C(O)c3ccccc3C(=O)C2=O)c(OC)c2ccccc12. The van der Waals surface area contributed by atoms with Crippen LogP contribution in [0.4, 0.5) is 0 Å². The zero-order chi connectivity index (χ0) is 24.4. The summed E-state index contributed by atoms with van der Waals surface area (Å²) in [6, 6.07) is 15.4. The molecule has 0 saturated carbocycles. The topological polar surface area (TPSA) is 99.1 Å². The summed E-state index contributed by atoms with van der Waals surface area (Å²) in [5.74, 6) is -1.66. The number of fused-ring (bicyclic) bond motifs is 2. The number of allylic oxidation sites excluding steroid dienone is 1. The first kappa shape index (κ1) is 23.0. The lowest BCUT2D eigenvalue weighted by Gasteiger charge is -2.20. The molecule has 0 radical (unpaired) electrons. The second-order valence-corrected chi connectivity index (χ2v) is 8.14. The number of carbonyl (C=O) groups excluding carboxylic acids is 3. The van der Waals surface area contributed by atoms with Gasteiger partial charge in [0, 0.05) is 27.5 Å². The molecule has 1 aliphatic rings. The number of ether oxygens (including phenoxy) is 3. The third-order valence-electron chi connectivity index (χ3n) is 5.85. The predicted molar refractivity (Wildman–Crippen MR) is 126 cm³/mol. The molecule has 7 nitrogen and oxygen atoms in total. The Morgan fingerprint density at radius 2 is 1.56 bits per heavy atom. The van der Waals surface area contributed by atoms with Gasteiger partial charge in [0.25, 0.3) is 0 Å². The highest BCUT2D eigenvalue weighted by Gasteiger charge is 2.33. The first-order valence-electron chi connectivity index (χ1n) is 10.8. The van der Waals surface area contributed by atoms with E-state index < -0.39 is 17.5 Å². The van der Waals surface area contributed by atoms with Gasteiger partial charge in [-0.25, -0.2) is 4.79 Å². The van der Waals surface area contributed by atoms with Crippen LogP contribution in [0.3, 0.4) is 0 Å². The molecule has 3 aromatic carbocycles. The summed E-state index contributed by atoms with van der Waals surface area (Å²) >= 11 is 0. The number of hydrogen-bond donors (Lipinski definition) is 1. The van der Waals surface area contributed by atoms with Crippen molar-refractivity contribution in [3.05, 3.63) is 76.9 Å². The van der Waals surface area contributed by atoms with Crippen molar-refractivity contribution in [2.45, 2.75) is 13.3 Å². The van der Waals surface area contributed by atoms with Crippen LogP contribution in [-0.2, 0) is 9.53 Å². The second-order valence-electron chi connectivity index (χ2n) is 8.14. The lowest BCUT2D eigenvalue weighted by Crippen LogP contribution is -2.26. The van der Waals surface area contributed by atoms with Crippen LogP contribution in [-0.4, -0.2) is 43.5 Å². The molecule has 4 rings (SSSR count). The maximum atomic E-state index is 12.9. The maximum Gasteiger partial charge on any atom is 0.342 e. The summed E-state index contributed by atoms with van der Waals surface area (Å²) in [6.07, 6.45) is 0.0796. The van der Waals surface area contributed by atoms with Gasteiger partial charge in [-0.15, -0.1) is 0 Å². The normalized spacial score (nSPS) is 14.1. The number of benzene rings is 3. The van der Waals surface area contributed by atoms with E-state index in [1.807, 2.05) is 24.3 Å². The summed E-state index contributed by atoms with van der Waals surface area (Å²) in [6.45, 7) is 1.74. The molecule has 0 saturated heterocycles. The Labute approximate surface area is 196 Å². The quantitative estimate of drug-likeness (QED) is 0.400. The Hall–Kier alpha value is -4.13. The number of aliphatic hydroxyl groups is 1. The van der Waals surface area contributed by atoms with Crippen LogP contribution in [0.25, 0.3) is 16.5 Å². The zero-order valence-electron chi connectivity index (χ0n) is 19.1. The Morgan fingerprint density at radius 3 is 2.24 bits per heavy atom. The lowest BCUT2D eigenvalue weighted by molar-refractivity contribution is -0.112.